The van der Waals surface area contributed by atoms with Gasteiger partial charge in [0.15, 0.2) is 0 Å². The number of ether oxygens (including phenoxy) is 1. The topological polar surface area (TPSA) is 12.5 Å². The summed E-state index contributed by atoms with van der Waals surface area (Å²) in [6.07, 6.45) is 5.33. The molecule has 2 bridgehead atoms. The van der Waals surface area contributed by atoms with E-state index in [9.17, 15) is 0 Å². The van der Waals surface area contributed by atoms with Gasteiger partial charge in [-0.15, -0.1) is 0 Å². The van der Waals surface area contributed by atoms with E-state index in [2.05, 4.69) is 30.1 Å². The molecule has 2 unspecified atom stereocenters. The molecule has 1 aromatic carbocycles. The van der Waals surface area contributed by atoms with E-state index in [1.165, 1.54) is 37.8 Å². The van der Waals surface area contributed by atoms with Crippen LogP contribution in [0.4, 0.5) is 0 Å². The number of nitrogens with zero attached hydrogens (tertiary/aromatic N) is 1. The second kappa shape index (κ2) is 4.02. The monoisotopic (exact) mass is 231 g/mol. The lowest BCUT2D eigenvalue weighted by atomic mass is 9.74. The molecule has 3 rings (SSSR count). The summed E-state index contributed by atoms with van der Waals surface area (Å²) in [6, 6.07) is 9.51. The maximum absolute atomic E-state index is 5.36. The number of benzene rings is 1. The Bertz CT molecular complexity index is 417. The SMILES string of the molecule is COc1cccc(C23CCC(C2)N(C)CC3)c1. The average Bonchev–Trinajstić information content (AvgIpc) is 2.76. The molecular formula is C15H21NO. The summed E-state index contributed by atoms with van der Waals surface area (Å²) in [5.41, 5.74) is 1.93. The molecule has 1 heterocycles. The Morgan fingerprint density at radius 3 is 3.06 bits per heavy atom. The van der Waals surface area contributed by atoms with Crippen LogP contribution in [-0.2, 0) is 5.41 Å². The number of likely N-dealkylation sites (tertiary alicyclic amines) is 1. The fourth-order valence-corrected chi connectivity index (χ4v) is 3.63. The number of piperidine rings is 1. The zero-order chi connectivity index (χ0) is 11.9. The Hall–Kier alpha value is -1.02. The molecule has 0 N–H and O–H groups in total. The van der Waals surface area contributed by atoms with Crippen LogP contribution in [0.1, 0.15) is 31.2 Å². The van der Waals surface area contributed by atoms with Crippen LogP contribution in [0.2, 0.25) is 0 Å². The van der Waals surface area contributed by atoms with E-state index in [1.54, 1.807) is 7.11 Å². The minimum atomic E-state index is 0.436. The Morgan fingerprint density at radius 1 is 1.35 bits per heavy atom. The minimum Gasteiger partial charge on any atom is -0.497 e. The summed E-state index contributed by atoms with van der Waals surface area (Å²) in [6.45, 7) is 1.24. The lowest BCUT2D eigenvalue weighted by molar-refractivity contribution is 0.174. The van der Waals surface area contributed by atoms with Gasteiger partial charge in [-0.05, 0) is 62.4 Å². The van der Waals surface area contributed by atoms with Crippen LogP contribution in [-0.4, -0.2) is 31.6 Å². The summed E-state index contributed by atoms with van der Waals surface area (Å²) in [4.78, 5) is 2.53. The second-order valence-electron chi connectivity index (χ2n) is 5.64. The predicted molar refractivity (Wildman–Crippen MR) is 69.6 cm³/mol. The van der Waals surface area contributed by atoms with Crippen molar-refractivity contribution in [2.24, 2.45) is 0 Å². The Balaban J connectivity index is 1.93. The van der Waals surface area contributed by atoms with Crippen LogP contribution in [0.5, 0.6) is 5.75 Å². The van der Waals surface area contributed by atoms with Gasteiger partial charge in [-0.25, -0.2) is 0 Å². The van der Waals surface area contributed by atoms with E-state index < -0.39 is 0 Å². The molecular weight excluding hydrogens is 210 g/mol. The van der Waals surface area contributed by atoms with Gasteiger partial charge in [0.05, 0.1) is 7.11 Å². The summed E-state index contributed by atoms with van der Waals surface area (Å²) in [7, 11) is 4.02. The zero-order valence-corrected chi connectivity index (χ0v) is 10.8. The zero-order valence-electron chi connectivity index (χ0n) is 10.8. The number of hydrogen-bond acceptors (Lipinski definition) is 2. The molecule has 1 saturated heterocycles. The lowest BCUT2D eigenvalue weighted by Crippen LogP contribution is -2.40. The van der Waals surface area contributed by atoms with Crippen LogP contribution in [0.3, 0.4) is 0 Å². The number of hydrogen-bond donors (Lipinski definition) is 0. The van der Waals surface area contributed by atoms with Gasteiger partial charge >= 0.3 is 0 Å². The third kappa shape index (κ3) is 1.75. The van der Waals surface area contributed by atoms with E-state index in [0.29, 0.717) is 5.41 Å². The first-order chi connectivity index (χ1) is 8.23. The second-order valence-corrected chi connectivity index (χ2v) is 5.64. The molecule has 0 spiro atoms. The van der Waals surface area contributed by atoms with E-state index >= 15 is 0 Å². The summed E-state index contributed by atoms with van der Waals surface area (Å²) in [5, 5.41) is 0. The summed E-state index contributed by atoms with van der Waals surface area (Å²) < 4.78 is 5.36. The maximum Gasteiger partial charge on any atom is 0.119 e. The molecule has 0 amide bonds. The first-order valence-corrected chi connectivity index (χ1v) is 6.58. The third-order valence-electron chi connectivity index (χ3n) is 4.83. The van der Waals surface area contributed by atoms with Crippen molar-refractivity contribution < 1.29 is 4.74 Å². The largest absolute Gasteiger partial charge is 0.497 e. The Morgan fingerprint density at radius 2 is 2.24 bits per heavy atom. The van der Waals surface area contributed by atoms with Gasteiger partial charge in [0.25, 0.3) is 0 Å². The van der Waals surface area contributed by atoms with Crippen molar-refractivity contribution in [3.05, 3.63) is 29.8 Å². The number of rotatable bonds is 2. The quantitative estimate of drug-likeness (QED) is 0.776. The van der Waals surface area contributed by atoms with Crippen LogP contribution in [0.25, 0.3) is 0 Å². The van der Waals surface area contributed by atoms with Gasteiger partial charge in [-0.2, -0.15) is 0 Å². The van der Waals surface area contributed by atoms with Gasteiger partial charge in [0.2, 0.25) is 0 Å². The highest BCUT2D eigenvalue weighted by atomic mass is 16.5. The molecule has 0 aromatic heterocycles. The molecule has 2 heteroatoms. The van der Waals surface area contributed by atoms with Gasteiger partial charge < -0.3 is 9.64 Å². The van der Waals surface area contributed by atoms with E-state index in [1.807, 2.05) is 6.07 Å². The van der Waals surface area contributed by atoms with Crippen molar-refractivity contribution >= 4 is 0 Å². The molecule has 1 aliphatic carbocycles. The molecule has 1 aromatic rings. The van der Waals surface area contributed by atoms with Crippen molar-refractivity contribution in [2.75, 3.05) is 20.7 Å². The summed E-state index contributed by atoms with van der Waals surface area (Å²) in [5.74, 6) is 0.999. The fourth-order valence-electron chi connectivity index (χ4n) is 3.63. The molecule has 92 valence electrons. The highest BCUT2D eigenvalue weighted by Crippen LogP contribution is 2.48. The van der Waals surface area contributed by atoms with Crippen molar-refractivity contribution in [3.63, 3.8) is 0 Å². The van der Waals surface area contributed by atoms with Gasteiger partial charge in [0.1, 0.15) is 5.75 Å². The average molecular weight is 231 g/mol. The van der Waals surface area contributed by atoms with Crippen LogP contribution < -0.4 is 4.74 Å². The van der Waals surface area contributed by atoms with E-state index in [4.69, 9.17) is 4.74 Å². The standard InChI is InChI=1S/C15H21NO/c1-16-9-8-15(7-6-13(16)11-15)12-4-3-5-14(10-12)17-2/h3-5,10,13H,6-9,11H2,1-2H3. The van der Waals surface area contributed by atoms with Crippen LogP contribution >= 0.6 is 0 Å². The van der Waals surface area contributed by atoms with Crippen molar-refractivity contribution in [1.82, 2.24) is 4.90 Å². The predicted octanol–water partition coefficient (Wildman–Crippen LogP) is 2.82. The third-order valence-corrected chi connectivity index (χ3v) is 4.83. The molecule has 2 aliphatic rings. The number of methoxy groups -OCH3 is 1. The van der Waals surface area contributed by atoms with Crippen molar-refractivity contribution in [3.8, 4) is 5.75 Å². The molecule has 2 atom stereocenters. The molecule has 1 saturated carbocycles. The molecule has 1 aliphatic heterocycles. The summed E-state index contributed by atoms with van der Waals surface area (Å²) >= 11 is 0. The molecule has 0 radical (unpaired) electrons. The van der Waals surface area contributed by atoms with Crippen molar-refractivity contribution in [2.45, 2.75) is 37.1 Å². The van der Waals surface area contributed by atoms with Crippen molar-refractivity contribution in [1.29, 1.82) is 0 Å². The maximum atomic E-state index is 5.36. The van der Waals surface area contributed by atoms with E-state index in [-0.39, 0.29) is 0 Å². The highest BCUT2D eigenvalue weighted by molar-refractivity contribution is 5.35. The van der Waals surface area contributed by atoms with Gasteiger partial charge in [0, 0.05) is 6.04 Å². The first kappa shape index (κ1) is 11.1. The molecule has 2 fully saturated rings. The Labute approximate surface area is 104 Å². The smallest absolute Gasteiger partial charge is 0.119 e. The normalized spacial score (nSPS) is 32.7. The van der Waals surface area contributed by atoms with Gasteiger partial charge in [-0.1, -0.05) is 12.1 Å². The fraction of sp³-hybridized carbons (Fsp3) is 0.600. The van der Waals surface area contributed by atoms with E-state index in [0.717, 1.165) is 11.8 Å². The Kier molecular flexibility index (Phi) is 2.62. The van der Waals surface area contributed by atoms with Gasteiger partial charge in [-0.3, -0.25) is 0 Å². The van der Waals surface area contributed by atoms with Crippen LogP contribution in [0.15, 0.2) is 24.3 Å². The highest BCUT2D eigenvalue weighted by Gasteiger charge is 2.45. The van der Waals surface area contributed by atoms with Crippen LogP contribution in [0, 0.1) is 0 Å². The molecule has 2 nitrogen and oxygen atoms in total. The first-order valence-electron chi connectivity index (χ1n) is 6.58. The lowest BCUT2D eigenvalue weighted by Gasteiger charge is -2.38. The minimum absolute atomic E-state index is 0.436. The number of fused-ring (bicyclic) bond motifs is 2. The molecule has 17 heavy (non-hydrogen) atoms.